The molecule has 174 valence electrons. The topological polar surface area (TPSA) is 18.5 Å². The minimum Gasteiger partial charge on any atom is -1.00 e. The fourth-order valence-electron chi connectivity index (χ4n) is 4.21. The van der Waals surface area contributed by atoms with Crippen LogP contribution in [0.5, 0.6) is 5.75 Å². The van der Waals surface area contributed by atoms with Gasteiger partial charge in [0.15, 0.2) is 0 Å². The van der Waals surface area contributed by atoms with Gasteiger partial charge in [0.05, 0.1) is 27.3 Å². The van der Waals surface area contributed by atoms with Crippen molar-refractivity contribution >= 4 is 0 Å². The van der Waals surface area contributed by atoms with Gasteiger partial charge in [-0.1, -0.05) is 77.1 Å². The zero-order valence-electron chi connectivity index (χ0n) is 20.6. The molecule has 0 N–H and O–H groups in total. The zero-order chi connectivity index (χ0) is 22.3. The highest BCUT2D eigenvalue weighted by Gasteiger charge is 2.27. The fourth-order valence-corrected chi connectivity index (χ4v) is 4.21. The molecule has 4 heteroatoms. The maximum Gasteiger partial charge on any atom is 0.119 e. The van der Waals surface area contributed by atoms with Crippen molar-refractivity contribution in [1.29, 1.82) is 0 Å². The third kappa shape index (κ3) is 10.5. The number of hydrogen-bond donors (Lipinski definition) is 0. The minimum atomic E-state index is 0. The van der Waals surface area contributed by atoms with Crippen LogP contribution in [-0.2, 0) is 16.7 Å². The zero-order valence-corrected chi connectivity index (χ0v) is 21.3. The highest BCUT2D eigenvalue weighted by molar-refractivity contribution is 5.28. The van der Waals surface area contributed by atoms with E-state index in [1.54, 1.807) is 0 Å². The summed E-state index contributed by atoms with van der Waals surface area (Å²) >= 11 is 0. The summed E-state index contributed by atoms with van der Waals surface area (Å²) in [4.78, 5) is 0. The summed E-state index contributed by atoms with van der Waals surface area (Å²) in [7, 11) is 4.53. The Labute approximate surface area is 196 Å². The summed E-state index contributed by atoms with van der Waals surface area (Å²) in [5.41, 5.74) is 3.32. The smallest absolute Gasteiger partial charge is 0.119 e. The second-order valence-corrected chi connectivity index (χ2v) is 10.9. The molecule has 0 saturated carbocycles. The Morgan fingerprint density at radius 2 is 1.39 bits per heavy atom. The molecule has 31 heavy (non-hydrogen) atoms. The van der Waals surface area contributed by atoms with E-state index in [9.17, 15) is 0 Å². The molecule has 2 aromatic rings. The van der Waals surface area contributed by atoms with Gasteiger partial charge >= 0.3 is 0 Å². The van der Waals surface area contributed by atoms with E-state index in [2.05, 4.69) is 73.0 Å². The van der Waals surface area contributed by atoms with Gasteiger partial charge in [-0.3, -0.25) is 0 Å². The molecule has 0 atom stereocenters. The third-order valence-corrected chi connectivity index (χ3v) is 5.40. The number of halogens is 1. The first-order chi connectivity index (χ1) is 14.0. The van der Waals surface area contributed by atoms with Gasteiger partial charge in [0.25, 0.3) is 0 Å². The van der Waals surface area contributed by atoms with E-state index in [1.807, 2.05) is 30.3 Å². The molecule has 2 aromatic carbocycles. The summed E-state index contributed by atoms with van der Waals surface area (Å²) in [5, 5.41) is 0. The summed E-state index contributed by atoms with van der Waals surface area (Å²) in [5.74, 6) is 0.895. The number of rotatable bonds is 11. The number of para-hydroxylation sites is 1. The molecule has 0 saturated heterocycles. The van der Waals surface area contributed by atoms with Crippen LogP contribution in [0.3, 0.4) is 0 Å². The van der Waals surface area contributed by atoms with E-state index in [-0.39, 0.29) is 17.8 Å². The second kappa shape index (κ2) is 11.9. The van der Waals surface area contributed by atoms with Gasteiger partial charge in [-0.15, -0.1) is 0 Å². The molecule has 0 bridgehead atoms. The first-order valence-electron chi connectivity index (χ1n) is 11.1. The molecule has 0 amide bonds. The lowest BCUT2D eigenvalue weighted by Crippen LogP contribution is -3.00. The molecule has 2 rings (SSSR count). The Hall–Kier alpha value is -1.55. The number of quaternary nitrogens is 1. The monoisotopic (exact) mass is 447 g/mol. The predicted octanol–water partition coefficient (Wildman–Crippen LogP) is 3.08. The van der Waals surface area contributed by atoms with E-state index in [0.717, 1.165) is 29.9 Å². The SMILES string of the molecule is CC(C)(C)CC(C)(C)c1ccc(C[N+](C)(C)CCOCCOc2ccccc2)cc1.[Cl-]. The predicted molar refractivity (Wildman–Crippen MR) is 127 cm³/mol. The van der Waals surface area contributed by atoms with Gasteiger partial charge in [-0.25, -0.2) is 0 Å². The molecule has 0 fully saturated rings. The molecule has 0 aliphatic carbocycles. The Morgan fingerprint density at radius 1 is 0.774 bits per heavy atom. The molecule has 0 spiro atoms. The van der Waals surface area contributed by atoms with Crippen LogP contribution in [0.25, 0.3) is 0 Å². The van der Waals surface area contributed by atoms with Gasteiger partial charge < -0.3 is 26.4 Å². The van der Waals surface area contributed by atoms with Crippen LogP contribution in [0.1, 0.15) is 52.2 Å². The number of benzene rings is 2. The first-order valence-corrected chi connectivity index (χ1v) is 11.1. The van der Waals surface area contributed by atoms with Crippen LogP contribution in [0, 0.1) is 5.41 Å². The number of likely N-dealkylation sites (N-methyl/N-ethyl adjacent to an activating group) is 1. The Kier molecular flexibility index (Phi) is 10.5. The minimum absolute atomic E-state index is 0. The highest BCUT2D eigenvalue weighted by atomic mass is 35.5. The van der Waals surface area contributed by atoms with Crippen LogP contribution in [0.4, 0.5) is 0 Å². The average molecular weight is 448 g/mol. The van der Waals surface area contributed by atoms with E-state index in [4.69, 9.17) is 9.47 Å². The molecule has 0 heterocycles. The van der Waals surface area contributed by atoms with Crippen LogP contribution < -0.4 is 17.1 Å². The van der Waals surface area contributed by atoms with Gasteiger partial charge in [-0.2, -0.15) is 0 Å². The van der Waals surface area contributed by atoms with Crippen molar-refractivity contribution in [2.24, 2.45) is 5.41 Å². The molecule has 0 aromatic heterocycles. The molecule has 0 aliphatic heterocycles. The fraction of sp³-hybridized carbons (Fsp3) is 0.556. The van der Waals surface area contributed by atoms with Gasteiger partial charge in [-0.05, 0) is 34.9 Å². The van der Waals surface area contributed by atoms with E-state index >= 15 is 0 Å². The molecule has 0 unspecified atom stereocenters. The van der Waals surface area contributed by atoms with Crippen LogP contribution in [0.2, 0.25) is 0 Å². The van der Waals surface area contributed by atoms with Crippen molar-refractivity contribution in [1.82, 2.24) is 0 Å². The standard InChI is InChI=1S/C27H42NO2.ClH/c1-26(2,3)22-27(4,5)24-15-13-23(14-16-24)21-28(6,7)17-18-29-19-20-30-25-11-9-8-10-12-25;/h8-16H,17-22H2,1-7H3;1H/q+1;/p-1. The molecule has 0 aliphatic rings. The lowest BCUT2D eigenvalue weighted by Gasteiger charge is -2.33. The van der Waals surface area contributed by atoms with Crippen LogP contribution in [0.15, 0.2) is 54.6 Å². The van der Waals surface area contributed by atoms with E-state index in [1.165, 1.54) is 17.5 Å². The maximum absolute atomic E-state index is 5.80. The van der Waals surface area contributed by atoms with Crippen molar-refractivity contribution in [3.63, 3.8) is 0 Å². The molecule has 0 radical (unpaired) electrons. The largest absolute Gasteiger partial charge is 1.00 e. The van der Waals surface area contributed by atoms with Crippen molar-refractivity contribution in [3.05, 3.63) is 65.7 Å². The van der Waals surface area contributed by atoms with Crippen molar-refractivity contribution < 1.29 is 26.4 Å². The van der Waals surface area contributed by atoms with E-state index in [0.29, 0.717) is 18.6 Å². The Morgan fingerprint density at radius 3 is 1.97 bits per heavy atom. The number of nitrogens with zero attached hydrogens (tertiary/aromatic N) is 1. The Balaban J connectivity index is 0.00000480. The number of ether oxygens (including phenoxy) is 2. The summed E-state index contributed by atoms with van der Waals surface area (Å²) < 4.78 is 12.4. The van der Waals surface area contributed by atoms with Crippen LogP contribution >= 0.6 is 0 Å². The van der Waals surface area contributed by atoms with Crippen molar-refractivity contribution in [2.75, 3.05) is 40.5 Å². The lowest BCUT2D eigenvalue weighted by molar-refractivity contribution is -0.904. The first kappa shape index (κ1) is 27.5. The lowest BCUT2D eigenvalue weighted by atomic mass is 9.72. The van der Waals surface area contributed by atoms with Crippen molar-refractivity contribution in [2.45, 2.75) is 53.0 Å². The second-order valence-electron chi connectivity index (χ2n) is 10.9. The molecular weight excluding hydrogens is 406 g/mol. The van der Waals surface area contributed by atoms with Gasteiger partial charge in [0.1, 0.15) is 25.4 Å². The third-order valence-electron chi connectivity index (χ3n) is 5.40. The summed E-state index contributed by atoms with van der Waals surface area (Å²) in [6.07, 6.45) is 1.17. The maximum atomic E-state index is 5.80. The summed E-state index contributed by atoms with van der Waals surface area (Å²) in [6.45, 7) is 15.6. The summed E-state index contributed by atoms with van der Waals surface area (Å²) in [6, 6.07) is 19.1. The molecular formula is C27H42ClNO2. The van der Waals surface area contributed by atoms with Gasteiger partial charge in [0.2, 0.25) is 0 Å². The molecule has 3 nitrogen and oxygen atoms in total. The highest BCUT2D eigenvalue weighted by Crippen LogP contribution is 2.36. The average Bonchev–Trinajstić information content (AvgIpc) is 2.63. The normalized spacial score (nSPS) is 12.4. The van der Waals surface area contributed by atoms with Crippen LogP contribution in [-0.4, -0.2) is 44.9 Å². The quantitative estimate of drug-likeness (QED) is 0.389. The van der Waals surface area contributed by atoms with Gasteiger partial charge in [0, 0.05) is 5.56 Å². The van der Waals surface area contributed by atoms with E-state index < -0.39 is 0 Å². The number of hydrogen-bond acceptors (Lipinski definition) is 2. The van der Waals surface area contributed by atoms with Crippen molar-refractivity contribution in [3.8, 4) is 5.75 Å². The Bertz CT molecular complexity index is 749.